The van der Waals surface area contributed by atoms with Gasteiger partial charge in [-0.1, -0.05) is 147 Å². The molecule has 0 atom stereocenters. The first-order valence-corrected chi connectivity index (χ1v) is 18.5. The minimum atomic E-state index is -0.101. The van der Waals surface area contributed by atoms with E-state index in [2.05, 4.69) is 42.3 Å². The van der Waals surface area contributed by atoms with E-state index in [9.17, 15) is 14.4 Å². The van der Waals surface area contributed by atoms with Crippen molar-refractivity contribution in [3.8, 4) is 0 Å². The van der Waals surface area contributed by atoms with E-state index in [0.717, 1.165) is 38.5 Å². The molecule has 0 aliphatic heterocycles. The summed E-state index contributed by atoms with van der Waals surface area (Å²) in [4.78, 5) is 35.7. The Morgan fingerprint density at radius 1 is 0.571 bits per heavy atom. The van der Waals surface area contributed by atoms with E-state index in [-0.39, 0.29) is 32.8 Å². The second-order valence-electron chi connectivity index (χ2n) is 11.9. The van der Waals surface area contributed by atoms with Gasteiger partial charge in [-0.25, -0.2) is 4.79 Å². The van der Waals surface area contributed by atoms with Crippen molar-refractivity contribution in [2.45, 2.75) is 176 Å². The highest BCUT2D eigenvalue weighted by Crippen LogP contribution is 2.13. The maximum absolute atomic E-state index is 11.1. The largest absolute Gasteiger partial charge is 0.469 e. The van der Waals surface area contributed by atoms with E-state index >= 15 is 0 Å². The third-order valence-electron chi connectivity index (χ3n) is 7.76. The molecule has 0 aromatic heterocycles. The number of allylic oxidation sites excluding steroid dienone is 2. The zero-order valence-corrected chi connectivity index (χ0v) is 30.3. The van der Waals surface area contributed by atoms with Gasteiger partial charge in [0.05, 0.1) is 14.2 Å². The maximum Gasteiger partial charge on any atom is 0.315 e. The van der Waals surface area contributed by atoms with Crippen LogP contribution >= 0.6 is 0 Å². The molecule has 0 spiro atoms. The second-order valence-corrected chi connectivity index (χ2v) is 11.9. The van der Waals surface area contributed by atoms with Gasteiger partial charge in [-0.15, -0.1) is 0 Å². The number of hydrogen-bond donors (Lipinski definition) is 2. The van der Waals surface area contributed by atoms with Crippen LogP contribution in [0.5, 0.6) is 0 Å². The van der Waals surface area contributed by atoms with Crippen LogP contribution in [0, 0.1) is 0 Å². The number of methoxy groups -OCH3 is 2. The monoisotopic (exact) mass is 696 g/mol. The van der Waals surface area contributed by atoms with Gasteiger partial charge >= 0.3 is 18.0 Å². The topological polar surface area (TPSA) is 142 Å². The summed E-state index contributed by atoms with van der Waals surface area (Å²) in [6.07, 6.45) is 36.3. The highest BCUT2D eigenvalue weighted by molar-refractivity contribution is 5.73. The van der Waals surface area contributed by atoms with Crippen LogP contribution in [0.2, 0.25) is 0 Å². The first-order valence-electron chi connectivity index (χ1n) is 18.5. The Labute approximate surface area is 301 Å². The summed E-state index contributed by atoms with van der Waals surface area (Å²) < 4.78 is 9.24. The standard InChI is InChI=1S/C20H38N2O3.C17H31N3O2.2CH4/c1-3-21-20(24)22-18-16-14-12-10-8-6-4-5-7-9-11-13-15-17-19(23)25-2;1-22-17(21)15-13-11-9-7-5-3-2-4-6-8-10-12-14-16-19-20-18;;/h14,16H,3-13,15,17-18H2,1-2H3,(H2,21,22,24);12,14H,2-11,13,15-16H2,1H3;2*1H4/b16-14-;14-12-;;. The van der Waals surface area contributed by atoms with Gasteiger partial charge < -0.3 is 20.1 Å². The highest BCUT2D eigenvalue weighted by atomic mass is 16.5. The molecule has 288 valence electrons. The number of azide groups is 1. The van der Waals surface area contributed by atoms with Gasteiger partial charge in [-0.3, -0.25) is 9.59 Å². The Hall–Kier alpha value is -3.00. The molecule has 0 heterocycles. The summed E-state index contributed by atoms with van der Waals surface area (Å²) >= 11 is 0. The smallest absolute Gasteiger partial charge is 0.315 e. The van der Waals surface area contributed by atoms with E-state index in [4.69, 9.17) is 5.53 Å². The summed E-state index contributed by atoms with van der Waals surface area (Å²) in [5.41, 5.74) is 8.11. The van der Waals surface area contributed by atoms with Gasteiger partial charge in [0.15, 0.2) is 0 Å². The van der Waals surface area contributed by atoms with E-state index < -0.39 is 0 Å². The molecule has 0 radical (unpaired) electrons. The van der Waals surface area contributed by atoms with Crippen molar-refractivity contribution in [1.82, 2.24) is 10.6 Å². The molecule has 0 rings (SSSR count). The number of esters is 2. The predicted octanol–water partition coefficient (Wildman–Crippen LogP) is 11.7. The van der Waals surface area contributed by atoms with Crippen LogP contribution in [0.15, 0.2) is 29.4 Å². The minimum Gasteiger partial charge on any atom is -0.469 e. The second kappa shape index (κ2) is 47.1. The van der Waals surface area contributed by atoms with E-state index in [0.29, 0.717) is 32.5 Å². The number of rotatable bonds is 31. The fraction of sp³-hybridized carbons (Fsp3) is 0.821. The lowest BCUT2D eigenvalue weighted by atomic mass is 10.1. The molecule has 0 aliphatic rings. The molecule has 2 N–H and O–H groups in total. The molecule has 0 aromatic carbocycles. The van der Waals surface area contributed by atoms with Crippen molar-refractivity contribution in [2.75, 3.05) is 33.9 Å². The van der Waals surface area contributed by atoms with Gasteiger partial charge in [-0.05, 0) is 51.0 Å². The summed E-state index contributed by atoms with van der Waals surface area (Å²) in [6.45, 7) is 3.63. The summed E-state index contributed by atoms with van der Waals surface area (Å²) in [7, 11) is 2.90. The van der Waals surface area contributed by atoms with Crippen molar-refractivity contribution < 1.29 is 23.9 Å². The Morgan fingerprint density at radius 2 is 0.939 bits per heavy atom. The van der Waals surface area contributed by atoms with Crippen LogP contribution in [0.4, 0.5) is 4.79 Å². The van der Waals surface area contributed by atoms with Crippen molar-refractivity contribution in [2.24, 2.45) is 5.11 Å². The number of amides is 2. The highest BCUT2D eigenvalue weighted by Gasteiger charge is 2.00. The predicted molar refractivity (Wildman–Crippen MR) is 208 cm³/mol. The molecule has 2 amide bonds. The molecule has 0 bridgehead atoms. The Balaban J connectivity index is -0.000000400. The molecule has 0 aromatic rings. The number of carbonyl (C=O) groups is 3. The number of ether oxygens (including phenoxy) is 2. The van der Waals surface area contributed by atoms with Gasteiger partial charge in [-0.2, -0.15) is 0 Å². The normalized spacial score (nSPS) is 10.3. The van der Waals surface area contributed by atoms with Crippen molar-refractivity contribution in [1.29, 1.82) is 0 Å². The third kappa shape index (κ3) is 49.5. The lowest BCUT2D eigenvalue weighted by Gasteiger charge is -2.03. The number of nitrogens with zero attached hydrogens (tertiary/aromatic N) is 3. The summed E-state index contributed by atoms with van der Waals surface area (Å²) in [5, 5.41) is 8.93. The zero-order chi connectivity index (χ0) is 34.9. The van der Waals surface area contributed by atoms with E-state index in [1.165, 1.54) is 117 Å². The molecular weight excluding hydrogens is 618 g/mol. The number of hydrogen-bond acceptors (Lipinski definition) is 6. The Kier molecular flexibility index (Phi) is 50.8. The van der Waals surface area contributed by atoms with E-state index in [1.54, 1.807) is 0 Å². The van der Waals surface area contributed by atoms with Crippen LogP contribution in [0.1, 0.15) is 176 Å². The van der Waals surface area contributed by atoms with Crippen LogP contribution < -0.4 is 10.6 Å². The minimum absolute atomic E-state index is 0. The number of carbonyl (C=O) groups excluding carboxylic acids is 3. The van der Waals surface area contributed by atoms with Crippen LogP contribution in [0.3, 0.4) is 0 Å². The molecule has 10 heteroatoms. The van der Waals surface area contributed by atoms with Crippen molar-refractivity contribution >= 4 is 18.0 Å². The Morgan fingerprint density at radius 3 is 1.31 bits per heavy atom. The first-order chi connectivity index (χ1) is 23.0. The summed E-state index contributed by atoms with van der Waals surface area (Å²) in [6, 6.07) is -0.101. The molecule has 10 nitrogen and oxygen atoms in total. The van der Waals surface area contributed by atoms with Crippen molar-refractivity contribution in [3.05, 3.63) is 34.7 Å². The van der Waals surface area contributed by atoms with Gasteiger partial charge in [0, 0.05) is 37.4 Å². The lowest BCUT2D eigenvalue weighted by molar-refractivity contribution is -0.141. The fourth-order valence-corrected chi connectivity index (χ4v) is 4.95. The lowest BCUT2D eigenvalue weighted by Crippen LogP contribution is -2.35. The number of unbranched alkanes of at least 4 members (excludes halogenated alkanes) is 20. The zero-order valence-electron chi connectivity index (χ0n) is 30.3. The number of urea groups is 1. The van der Waals surface area contributed by atoms with Crippen LogP contribution in [-0.4, -0.2) is 51.8 Å². The average Bonchev–Trinajstić information content (AvgIpc) is 3.08. The molecule has 0 aliphatic carbocycles. The third-order valence-corrected chi connectivity index (χ3v) is 7.76. The summed E-state index contributed by atoms with van der Waals surface area (Å²) in [5.74, 6) is -0.180. The van der Waals surface area contributed by atoms with E-state index in [1.807, 2.05) is 19.1 Å². The molecule has 0 saturated heterocycles. The van der Waals surface area contributed by atoms with Crippen LogP contribution in [0.25, 0.3) is 10.4 Å². The molecule has 0 saturated carbocycles. The van der Waals surface area contributed by atoms with Crippen LogP contribution in [-0.2, 0) is 19.1 Å². The molecular formula is C39H77N5O5. The van der Waals surface area contributed by atoms with Gasteiger partial charge in [0.2, 0.25) is 0 Å². The SMILES string of the molecule is C.C.CCNC(=O)NC/C=C\CCCCCCCCCCCCC(=O)OC.COC(=O)CCCCCCCCCCCC/C=C\CN=[N+]=[N-]. The van der Waals surface area contributed by atoms with Crippen molar-refractivity contribution in [3.63, 3.8) is 0 Å². The molecule has 0 fully saturated rings. The van der Waals surface area contributed by atoms with Gasteiger partial charge in [0.1, 0.15) is 0 Å². The number of nitrogens with one attached hydrogen (secondary N) is 2. The Bertz CT molecular complexity index is 829. The maximum atomic E-state index is 11.1. The first kappa shape index (κ1) is 52.8. The fourth-order valence-electron chi connectivity index (χ4n) is 4.95. The van der Waals surface area contributed by atoms with Gasteiger partial charge in [0.25, 0.3) is 0 Å². The quantitative estimate of drug-likeness (QED) is 0.0185. The molecule has 0 unspecified atom stereocenters. The molecule has 49 heavy (non-hydrogen) atoms. The average molecular weight is 696 g/mol.